The first-order chi connectivity index (χ1) is 8.48. The van der Waals surface area contributed by atoms with Gasteiger partial charge in [0.1, 0.15) is 5.75 Å². The number of alkyl halides is 1. The Bertz CT molecular complexity index is 406. The van der Waals surface area contributed by atoms with Gasteiger partial charge in [-0.25, -0.2) is 0 Å². The lowest BCUT2D eigenvalue weighted by Crippen LogP contribution is -2.21. The summed E-state index contributed by atoms with van der Waals surface area (Å²) in [7, 11) is 0. The fourth-order valence-corrected chi connectivity index (χ4v) is 2.60. The second-order valence-corrected chi connectivity index (χ2v) is 7.33. The van der Waals surface area contributed by atoms with Gasteiger partial charge >= 0.3 is 0 Å². The van der Waals surface area contributed by atoms with E-state index in [0.29, 0.717) is 10.2 Å². The predicted molar refractivity (Wildman–Crippen MR) is 80.7 cm³/mol. The highest BCUT2D eigenvalue weighted by Gasteiger charge is 2.22. The van der Waals surface area contributed by atoms with Gasteiger partial charge in [0.15, 0.2) is 0 Å². The third kappa shape index (κ3) is 3.28. The highest BCUT2D eigenvalue weighted by Crippen LogP contribution is 2.33. The zero-order valence-corrected chi connectivity index (χ0v) is 13.2. The van der Waals surface area contributed by atoms with Gasteiger partial charge in [0.05, 0.1) is 6.61 Å². The molecule has 0 fully saturated rings. The number of hydrogen-bond donors (Lipinski definition) is 0. The van der Waals surface area contributed by atoms with Gasteiger partial charge in [-0.3, -0.25) is 0 Å². The first-order valence-electron chi connectivity index (χ1n) is 6.86. The molecular formula is C16H23BrO. The van der Waals surface area contributed by atoms with E-state index in [-0.39, 0.29) is 0 Å². The Hall–Kier alpha value is -0.500. The van der Waals surface area contributed by atoms with E-state index in [1.54, 1.807) is 0 Å². The molecule has 0 bridgehead atoms. The third-order valence-corrected chi connectivity index (χ3v) is 5.45. The number of hydrogen-bond acceptors (Lipinski definition) is 1. The van der Waals surface area contributed by atoms with E-state index in [9.17, 15) is 0 Å². The summed E-state index contributed by atoms with van der Waals surface area (Å²) >= 11 is 3.81. The molecule has 0 aliphatic carbocycles. The molecule has 1 aromatic carbocycles. The number of para-hydroxylation sites is 1. The van der Waals surface area contributed by atoms with Crippen molar-refractivity contribution in [3.05, 3.63) is 29.3 Å². The maximum atomic E-state index is 5.86. The van der Waals surface area contributed by atoms with E-state index in [2.05, 4.69) is 54.9 Å². The minimum Gasteiger partial charge on any atom is -0.493 e. The molecule has 1 heterocycles. The molecule has 0 saturated heterocycles. The van der Waals surface area contributed by atoms with E-state index in [1.807, 2.05) is 0 Å². The van der Waals surface area contributed by atoms with Crippen molar-refractivity contribution in [1.82, 2.24) is 0 Å². The molecule has 0 saturated carbocycles. The van der Waals surface area contributed by atoms with Crippen molar-refractivity contribution in [2.75, 3.05) is 6.61 Å². The number of benzene rings is 1. The number of rotatable bonds is 3. The smallest absolute Gasteiger partial charge is 0.125 e. The fraction of sp³-hybridized carbons (Fsp3) is 0.625. The average Bonchev–Trinajstić information content (AvgIpc) is 2.34. The van der Waals surface area contributed by atoms with Crippen molar-refractivity contribution in [2.45, 2.75) is 51.3 Å². The van der Waals surface area contributed by atoms with Gasteiger partial charge < -0.3 is 4.74 Å². The fourth-order valence-electron chi connectivity index (χ4n) is 2.37. The van der Waals surface area contributed by atoms with Gasteiger partial charge in [0.2, 0.25) is 0 Å². The zero-order chi connectivity index (χ0) is 13.2. The molecule has 0 N–H and O–H groups in total. The van der Waals surface area contributed by atoms with Crippen LogP contribution in [0, 0.1) is 5.41 Å². The van der Waals surface area contributed by atoms with E-state index < -0.39 is 0 Å². The van der Waals surface area contributed by atoms with Crippen LogP contribution in [0.2, 0.25) is 0 Å². The average molecular weight is 311 g/mol. The molecule has 0 spiro atoms. The van der Waals surface area contributed by atoms with Crippen molar-refractivity contribution in [3.8, 4) is 5.75 Å². The summed E-state index contributed by atoms with van der Waals surface area (Å²) in [5.41, 5.74) is 3.08. The van der Waals surface area contributed by atoms with Crippen LogP contribution in [-0.2, 0) is 12.8 Å². The second kappa shape index (κ2) is 5.64. The van der Waals surface area contributed by atoms with Crippen LogP contribution in [0.25, 0.3) is 0 Å². The molecule has 1 aromatic rings. The summed E-state index contributed by atoms with van der Waals surface area (Å²) in [6.07, 6.45) is 4.57. The quantitative estimate of drug-likeness (QED) is 0.732. The number of fused-ring (bicyclic) bond motifs is 1. The summed E-state index contributed by atoms with van der Waals surface area (Å²) < 4.78 is 5.86. The summed E-state index contributed by atoms with van der Waals surface area (Å²) in [5, 5.41) is 0. The van der Waals surface area contributed by atoms with Crippen molar-refractivity contribution < 1.29 is 4.74 Å². The highest BCUT2D eigenvalue weighted by molar-refractivity contribution is 9.09. The van der Waals surface area contributed by atoms with E-state index in [0.717, 1.165) is 31.6 Å². The molecule has 18 heavy (non-hydrogen) atoms. The Morgan fingerprint density at radius 1 is 1.33 bits per heavy atom. The molecule has 0 aromatic heterocycles. The summed E-state index contributed by atoms with van der Waals surface area (Å²) in [4.78, 5) is 0.546. The number of halogens is 1. The largest absolute Gasteiger partial charge is 0.493 e. The van der Waals surface area contributed by atoms with Gasteiger partial charge in [-0.15, -0.1) is 0 Å². The summed E-state index contributed by atoms with van der Waals surface area (Å²) in [6.45, 7) is 7.72. The van der Waals surface area contributed by atoms with Crippen molar-refractivity contribution in [1.29, 1.82) is 0 Å². The van der Waals surface area contributed by atoms with Gasteiger partial charge in [0, 0.05) is 4.83 Å². The minimum absolute atomic E-state index is 0.315. The SMILES string of the molecule is CC(C)(C)C(Br)CCc1cccc2c1OCCC2. The molecule has 1 aliphatic rings. The van der Waals surface area contributed by atoms with Crippen LogP contribution in [0.1, 0.15) is 44.7 Å². The third-order valence-electron chi connectivity index (χ3n) is 3.62. The van der Waals surface area contributed by atoms with Crippen LogP contribution in [-0.4, -0.2) is 11.4 Å². The molecule has 1 aliphatic heterocycles. The standard InChI is InChI=1S/C16H23BrO/c1-16(2,3)14(17)10-9-13-7-4-6-12-8-5-11-18-15(12)13/h4,6-7,14H,5,8-11H2,1-3H3. The second-order valence-electron chi connectivity index (χ2n) is 6.23. The topological polar surface area (TPSA) is 9.23 Å². The molecular weight excluding hydrogens is 288 g/mol. The molecule has 2 rings (SSSR count). The Morgan fingerprint density at radius 3 is 2.83 bits per heavy atom. The predicted octanol–water partition coefficient (Wildman–Crippen LogP) is 4.75. The minimum atomic E-state index is 0.315. The van der Waals surface area contributed by atoms with Gasteiger partial charge in [-0.2, -0.15) is 0 Å². The highest BCUT2D eigenvalue weighted by atomic mass is 79.9. The van der Waals surface area contributed by atoms with E-state index >= 15 is 0 Å². The summed E-state index contributed by atoms with van der Waals surface area (Å²) in [5.74, 6) is 1.16. The van der Waals surface area contributed by atoms with E-state index in [1.165, 1.54) is 17.5 Å². The normalized spacial score (nSPS) is 16.9. The molecule has 100 valence electrons. The maximum Gasteiger partial charge on any atom is 0.125 e. The lowest BCUT2D eigenvalue weighted by Gasteiger charge is -2.26. The monoisotopic (exact) mass is 310 g/mol. The van der Waals surface area contributed by atoms with Crippen LogP contribution in [0.4, 0.5) is 0 Å². The van der Waals surface area contributed by atoms with Crippen molar-refractivity contribution in [2.24, 2.45) is 5.41 Å². The van der Waals surface area contributed by atoms with E-state index in [4.69, 9.17) is 4.74 Å². The van der Waals surface area contributed by atoms with Crippen molar-refractivity contribution >= 4 is 15.9 Å². The van der Waals surface area contributed by atoms with Crippen LogP contribution in [0.3, 0.4) is 0 Å². The molecule has 1 nitrogen and oxygen atoms in total. The zero-order valence-electron chi connectivity index (χ0n) is 11.6. The molecule has 1 unspecified atom stereocenters. The molecule has 2 heteroatoms. The molecule has 0 amide bonds. The first-order valence-corrected chi connectivity index (χ1v) is 7.77. The van der Waals surface area contributed by atoms with Gasteiger partial charge in [0.25, 0.3) is 0 Å². The Morgan fingerprint density at radius 2 is 2.11 bits per heavy atom. The van der Waals surface area contributed by atoms with Crippen LogP contribution in [0.15, 0.2) is 18.2 Å². The molecule has 1 atom stereocenters. The Balaban J connectivity index is 2.06. The van der Waals surface area contributed by atoms with Crippen LogP contribution >= 0.6 is 15.9 Å². The van der Waals surface area contributed by atoms with Gasteiger partial charge in [-0.05, 0) is 42.2 Å². The Labute approximate surface area is 119 Å². The van der Waals surface area contributed by atoms with Crippen molar-refractivity contribution in [3.63, 3.8) is 0 Å². The maximum absolute atomic E-state index is 5.86. The Kier molecular flexibility index (Phi) is 4.37. The number of ether oxygens (including phenoxy) is 1. The lowest BCUT2D eigenvalue weighted by atomic mass is 9.88. The number of aryl methyl sites for hydroxylation is 2. The first kappa shape index (κ1) is 13.9. The van der Waals surface area contributed by atoms with Gasteiger partial charge in [-0.1, -0.05) is 54.9 Å². The van der Waals surface area contributed by atoms with Crippen LogP contribution in [0.5, 0.6) is 5.75 Å². The lowest BCUT2D eigenvalue weighted by molar-refractivity contribution is 0.284. The van der Waals surface area contributed by atoms with Crippen LogP contribution < -0.4 is 4.74 Å². The molecule has 0 radical (unpaired) electrons. The summed E-state index contributed by atoms with van der Waals surface area (Å²) in [6, 6.07) is 6.59.